The van der Waals surface area contributed by atoms with Crippen LogP contribution >= 0.6 is 0 Å². The molecule has 0 bridgehead atoms. The molecule has 0 aliphatic heterocycles. The van der Waals surface area contributed by atoms with Crippen LogP contribution in [-0.2, 0) is 6.54 Å². The Morgan fingerprint density at radius 3 is 2.94 bits per heavy atom. The van der Waals surface area contributed by atoms with E-state index in [1.807, 2.05) is 12.1 Å². The minimum absolute atomic E-state index is 0.0297. The molecule has 0 atom stereocenters. The topological polar surface area (TPSA) is 79.9 Å². The normalized spacial score (nSPS) is 10.7. The van der Waals surface area contributed by atoms with Crippen LogP contribution in [0.15, 0.2) is 23.4 Å². The van der Waals surface area contributed by atoms with Gasteiger partial charge in [0.25, 0.3) is 0 Å². The maximum atomic E-state index is 8.72. The average Bonchev–Trinajstić information content (AvgIpc) is 2.42. The van der Waals surface area contributed by atoms with Gasteiger partial charge in [0.05, 0.1) is 19.2 Å². The lowest BCUT2D eigenvalue weighted by molar-refractivity contribution is 0.318. The van der Waals surface area contributed by atoms with Crippen LogP contribution in [0.4, 0.5) is 0 Å². The molecule has 0 aliphatic rings. The predicted octanol–water partition coefficient (Wildman–Crippen LogP) is 0.903. The van der Waals surface area contributed by atoms with E-state index >= 15 is 0 Å². The molecule has 1 rings (SSSR count). The van der Waals surface area contributed by atoms with E-state index in [9.17, 15) is 0 Å². The molecule has 5 heteroatoms. The van der Waals surface area contributed by atoms with Crippen molar-refractivity contribution in [1.82, 2.24) is 5.32 Å². The van der Waals surface area contributed by atoms with Crippen molar-refractivity contribution in [2.75, 3.05) is 13.7 Å². The van der Waals surface area contributed by atoms with Crippen LogP contribution < -0.4 is 15.8 Å². The number of hydrogen-bond donors (Lipinski definition) is 3. The Morgan fingerprint density at radius 1 is 1.56 bits per heavy atom. The second-order valence-electron chi connectivity index (χ2n) is 3.55. The monoisotopic (exact) mass is 247 g/mol. The van der Waals surface area contributed by atoms with Crippen molar-refractivity contribution in [3.63, 3.8) is 0 Å². The zero-order valence-electron chi connectivity index (χ0n) is 10.5. The summed E-state index contributed by atoms with van der Waals surface area (Å²) in [6.45, 7) is 3.08. The van der Waals surface area contributed by atoms with E-state index in [1.165, 1.54) is 7.11 Å². The standard InChI is InChI=1S/C13H17N3O2/c1-3-4-7-15-9-10-5-6-12(18-2)11(8-10)13(14)16-17/h5-6,8,15,17H,7,9H2,1-2H3,(H2,14,16). The number of rotatable bonds is 5. The SMILES string of the molecule is CC#CCNCc1ccc(OC)c(/C(N)=N/O)c1. The molecule has 1 aromatic rings. The minimum atomic E-state index is 0.0297. The Morgan fingerprint density at radius 2 is 2.33 bits per heavy atom. The molecule has 1 aromatic carbocycles. The maximum absolute atomic E-state index is 8.72. The predicted molar refractivity (Wildman–Crippen MR) is 70.7 cm³/mol. The first-order valence-corrected chi connectivity index (χ1v) is 5.48. The van der Waals surface area contributed by atoms with E-state index in [2.05, 4.69) is 22.3 Å². The number of ether oxygens (including phenoxy) is 1. The number of hydrogen-bond acceptors (Lipinski definition) is 4. The quantitative estimate of drug-likeness (QED) is 0.180. The molecule has 0 fully saturated rings. The van der Waals surface area contributed by atoms with Crippen molar-refractivity contribution in [2.45, 2.75) is 13.5 Å². The van der Waals surface area contributed by atoms with Gasteiger partial charge in [-0.05, 0) is 24.6 Å². The van der Waals surface area contributed by atoms with Crippen LogP contribution in [-0.4, -0.2) is 24.7 Å². The van der Waals surface area contributed by atoms with Crippen molar-refractivity contribution in [3.8, 4) is 17.6 Å². The summed E-state index contributed by atoms with van der Waals surface area (Å²) in [7, 11) is 1.54. The Balaban J connectivity index is 2.85. The minimum Gasteiger partial charge on any atom is -0.496 e. The molecule has 0 aliphatic carbocycles. The zero-order valence-corrected chi connectivity index (χ0v) is 10.5. The lowest BCUT2D eigenvalue weighted by Gasteiger charge is -2.09. The molecule has 0 spiro atoms. The lowest BCUT2D eigenvalue weighted by Crippen LogP contribution is -2.17. The van der Waals surface area contributed by atoms with Gasteiger partial charge in [-0.3, -0.25) is 0 Å². The molecule has 0 radical (unpaired) electrons. The van der Waals surface area contributed by atoms with Gasteiger partial charge in [-0.1, -0.05) is 17.1 Å². The zero-order chi connectivity index (χ0) is 13.4. The van der Waals surface area contributed by atoms with Gasteiger partial charge in [0.2, 0.25) is 0 Å². The fourth-order valence-corrected chi connectivity index (χ4v) is 1.48. The highest BCUT2D eigenvalue weighted by Gasteiger charge is 2.08. The molecule has 0 unspecified atom stereocenters. The highest BCUT2D eigenvalue weighted by atomic mass is 16.5. The van der Waals surface area contributed by atoms with E-state index in [0.717, 1.165) is 5.56 Å². The molecule has 0 saturated carbocycles. The van der Waals surface area contributed by atoms with E-state index in [-0.39, 0.29) is 5.84 Å². The first-order chi connectivity index (χ1) is 8.72. The fourth-order valence-electron chi connectivity index (χ4n) is 1.48. The molecule has 0 saturated heterocycles. The summed E-state index contributed by atoms with van der Waals surface area (Å²) in [6, 6.07) is 5.52. The second kappa shape index (κ2) is 7.20. The van der Waals surface area contributed by atoms with Gasteiger partial charge in [0.15, 0.2) is 5.84 Å². The first-order valence-electron chi connectivity index (χ1n) is 5.48. The highest BCUT2D eigenvalue weighted by Crippen LogP contribution is 2.19. The molecular weight excluding hydrogens is 230 g/mol. The number of nitrogens with two attached hydrogens (primary N) is 1. The fraction of sp³-hybridized carbons (Fsp3) is 0.308. The molecule has 0 heterocycles. The van der Waals surface area contributed by atoms with Gasteiger partial charge in [-0.15, -0.1) is 5.92 Å². The van der Waals surface area contributed by atoms with Crippen LogP contribution in [0.1, 0.15) is 18.1 Å². The van der Waals surface area contributed by atoms with Gasteiger partial charge in [-0.2, -0.15) is 0 Å². The third-order valence-corrected chi connectivity index (χ3v) is 2.37. The number of nitrogens with zero attached hydrogens (tertiary/aromatic N) is 1. The van der Waals surface area contributed by atoms with Crippen LogP contribution in [0.2, 0.25) is 0 Å². The van der Waals surface area contributed by atoms with E-state index in [4.69, 9.17) is 15.7 Å². The van der Waals surface area contributed by atoms with Gasteiger partial charge in [0.1, 0.15) is 5.75 Å². The third kappa shape index (κ3) is 3.68. The van der Waals surface area contributed by atoms with Gasteiger partial charge >= 0.3 is 0 Å². The van der Waals surface area contributed by atoms with Crippen LogP contribution in [0.3, 0.4) is 0 Å². The highest BCUT2D eigenvalue weighted by molar-refractivity contribution is 5.99. The van der Waals surface area contributed by atoms with Crippen molar-refractivity contribution in [2.24, 2.45) is 10.9 Å². The smallest absolute Gasteiger partial charge is 0.173 e. The summed E-state index contributed by atoms with van der Waals surface area (Å²) in [6.07, 6.45) is 0. The van der Waals surface area contributed by atoms with Crippen LogP contribution in [0.5, 0.6) is 5.75 Å². The Bertz CT molecular complexity index is 487. The molecular formula is C13H17N3O2. The van der Waals surface area contributed by atoms with Gasteiger partial charge in [-0.25, -0.2) is 0 Å². The molecule has 96 valence electrons. The summed E-state index contributed by atoms with van der Waals surface area (Å²) < 4.78 is 5.15. The first kappa shape index (κ1) is 13.9. The molecule has 0 amide bonds. The van der Waals surface area contributed by atoms with Gasteiger partial charge < -0.3 is 21.0 Å². The van der Waals surface area contributed by atoms with Crippen molar-refractivity contribution in [3.05, 3.63) is 29.3 Å². The molecule has 4 N–H and O–H groups in total. The summed E-state index contributed by atoms with van der Waals surface area (Å²) >= 11 is 0. The van der Waals surface area contributed by atoms with Crippen molar-refractivity contribution in [1.29, 1.82) is 0 Å². The van der Waals surface area contributed by atoms with E-state index in [0.29, 0.717) is 24.4 Å². The second-order valence-corrected chi connectivity index (χ2v) is 3.55. The third-order valence-electron chi connectivity index (χ3n) is 2.37. The van der Waals surface area contributed by atoms with Crippen molar-refractivity contribution >= 4 is 5.84 Å². The van der Waals surface area contributed by atoms with E-state index < -0.39 is 0 Å². The summed E-state index contributed by atoms with van der Waals surface area (Å²) in [5.41, 5.74) is 7.17. The number of methoxy groups -OCH3 is 1. The molecule has 0 aromatic heterocycles. The molecule has 18 heavy (non-hydrogen) atoms. The molecule has 5 nitrogen and oxygen atoms in total. The summed E-state index contributed by atoms with van der Waals surface area (Å²) in [4.78, 5) is 0. The summed E-state index contributed by atoms with van der Waals surface area (Å²) in [5.74, 6) is 6.32. The Hall–Kier alpha value is -2.19. The van der Waals surface area contributed by atoms with Crippen molar-refractivity contribution < 1.29 is 9.94 Å². The lowest BCUT2D eigenvalue weighted by atomic mass is 10.1. The number of amidine groups is 1. The maximum Gasteiger partial charge on any atom is 0.173 e. The Labute approximate surface area is 107 Å². The van der Waals surface area contributed by atoms with Crippen LogP contribution in [0, 0.1) is 11.8 Å². The number of nitrogens with one attached hydrogen (secondary N) is 1. The van der Waals surface area contributed by atoms with Crippen LogP contribution in [0.25, 0.3) is 0 Å². The Kier molecular flexibility index (Phi) is 5.55. The summed E-state index contributed by atoms with van der Waals surface area (Å²) in [5, 5.41) is 14.9. The average molecular weight is 247 g/mol. The van der Waals surface area contributed by atoms with Gasteiger partial charge in [0, 0.05) is 6.54 Å². The largest absolute Gasteiger partial charge is 0.496 e. The number of oxime groups is 1. The van der Waals surface area contributed by atoms with E-state index in [1.54, 1.807) is 13.0 Å². The number of benzene rings is 1.